The number of aromatic nitrogens is 2. The molecule has 0 bridgehead atoms. The van der Waals surface area contributed by atoms with E-state index in [1.165, 1.54) is 19.3 Å². The monoisotopic (exact) mass is 334 g/mol. The summed E-state index contributed by atoms with van der Waals surface area (Å²) in [5.41, 5.74) is 6.17. The van der Waals surface area contributed by atoms with Crippen molar-refractivity contribution < 1.29 is 27.5 Å². The Balaban J connectivity index is 0.00000242. The van der Waals surface area contributed by atoms with E-state index in [4.69, 9.17) is 10.3 Å². The van der Waals surface area contributed by atoms with Crippen LogP contribution in [0.25, 0.3) is 0 Å². The molecule has 1 saturated heterocycles. The lowest BCUT2D eigenvalue weighted by molar-refractivity contribution is -0.851. The Morgan fingerprint density at radius 1 is 1.27 bits per heavy atom. The van der Waals surface area contributed by atoms with E-state index in [9.17, 15) is 8.42 Å². The molecule has 126 valence electrons. The Hall–Kier alpha value is -1.65. The van der Waals surface area contributed by atoms with Crippen LogP contribution in [0.3, 0.4) is 0 Å². The first-order valence-corrected chi connectivity index (χ1v) is 8.35. The second kappa shape index (κ2) is 7.56. The van der Waals surface area contributed by atoms with Crippen molar-refractivity contribution in [2.75, 3.05) is 23.7 Å². The molecular weight excluding hydrogens is 312 g/mol. The van der Waals surface area contributed by atoms with E-state index < -0.39 is 10.4 Å². The van der Waals surface area contributed by atoms with E-state index in [1.807, 2.05) is 0 Å². The van der Waals surface area contributed by atoms with Gasteiger partial charge in [0.1, 0.15) is 5.69 Å². The van der Waals surface area contributed by atoms with Crippen LogP contribution in [0, 0.1) is 6.92 Å². The maximum Gasteiger partial charge on any atom is 0.476 e. The Labute approximate surface area is 129 Å². The average molecular weight is 334 g/mol. The van der Waals surface area contributed by atoms with E-state index in [1.54, 1.807) is 13.0 Å². The van der Waals surface area contributed by atoms with Gasteiger partial charge < -0.3 is 10.4 Å². The van der Waals surface area contributed by atoms with E-state index in [0.29, 0.717) is 11.5 Å². The third kappa shape index (κ3) is 4.97. The molecule has 2 rings (SSSR count). The molecule has 0 aliphatic carbocycles. The summed E-state index contributed by atoms with van der Waals surface area (Å²) in [5.74, 6) is 0.576. The highest BCUT2D eigenvalue weighted by atomic mass is 32.3. The average Bonchev–Trinajstić information content (AvgIpc) is 2.32. The summed E-state index contributed by atoms with van der Waals surface area (Å²) in [7, 11) is -4.64. The summed E-state index contributed by atoms with van der Waals surface area (Å²) < 4.78 is 35.5. The molecule has 22 heavy (non-hydrogen) atoms. The number of nitrogens with zero attached hydrogens (tertiary/aromatic N) is 3. The minimum Gasteiger partial charge on any atom is -0.870 e. The zero-order valence-corrected chi connectivity index (χ0v) is 13.3. The summed E-state index contributed by atoms with van der Waals surface area (Å²) in [5, 5.41) is 0. The van der Waals surface area contributed by atoms with Gasteiger partial charge in [0.2, 0.25) is 5.82 Å². The smallest absolute Gasteiger partial charge is 0.476 e. The fraction of sp³-hybridized carbons (Fsp3) is 0.667. The van der Waals surface area contributed by atoms with Crippen molar-refractivity contribution in [2.45, 2.75) is 39.0 Å². The molecule has 1 aromatic rings. The van der Waals surface area contributed by atoms with Gasteiger partial charge in [-0.1, -0.05) is 24.2 Å². The SMILES string of the molecule is Cc1cc(N2CCCCCCC2)nc(N)[n+]1OS(=O)(=O)O.[OH-]. The Morgan fingerprint density at radius 2 is 1.82 bits per heavy atom. The van der Waals surface area contributed by atoms with Crippen LogP contribution in [-0.2, 0) is 10.4 Å². The van der Waals surface area contributed by atoms with Crippen molar-refractivity contribution >= 4 is 22.2 Å². The number of nitrogen functional groups attached to an aromatic ring is 1. The van der Waals surface area contributed by atoms with Crippen LogP contribution in [0.1, 0.15) is 37.8 Å². The van der Waals surface area contributed by atoms with Crippen molar-refractivity contribution in [3.63, 3.8) is 0 Å². The van der Waals surface area contributed by atoms with E-state index in [0.717, 1.165) is 30.7 Å². The number of hydrogen-bond donors (Lipinski definition) is 2. The van der Waals surface area contributed by atoms with Crippen LogP contribution in [0.4, 0.5) is 11.8 Å². The van der Waals surface area contributed by atoms with E-state index in [2.05, 4.69) is 14.2 Å². The van der Waals surface area contributed by atoms with Crippen molar-refractivity contribution in [3.8, 4) is 0 Å². The third-order valence-electron chi connectivity index (χ3n) is 3.44. The fourth-order valence-corrected chi connectivity index (χ4v) is 2.83. The lowest BCUT2D eigenvalue weighted by Gasteiger charge is -2.24. The first-order chi connectivity index (χ1) is 9.87. The highest BCUT2D eigenvalue weighted by Gasteiger charge is 2.23. The molecule has 0 unspecified atom stereocenters. The minimum absolute atomic E-state index is 0. The van der Waals surface area contributed by atoms with Crippen LogP contribution in [0.2, 0.25) is 0 Å². The predicted octanol–water partition coefficient (Wildman–Crippen LogP) is 0.0848. The van der Waals surface area contributed by atoms with Gasteiger partial charge in [-0.05, 0) is 24.5 Å². The Morgan fingerprint density at radius 3 is 2.32 bits per heavy atom. The van der Waals surface area contributed by atoms with Crippen molar-refractivity contribution in [1.82, 2.24) is 4.98 Å². The molecule has 0 amide bonds. The number of aryl methyl sites for hydroxylation is 1. The highest BCUT2D eigenvalue weighted by molar-refractivity contribution is 7.80. The lowest BCUT2D eigenvalue weighted by Crippen LogP contribution is -2.51. The molecule has 0 aromatic carbocycles. The molecule has 1 aliphatic rings. The molecule has 0 radical (unpaired) electrons. The summed E-state index contributed by atoms with van der Waals surface area (Å²) in [4.78, 5) is 6.32. The molecule has 0 spiro atoms. The number of hydrogen-bond acceptors (Lipinski definition) is 7. The largest absolute Gasteiger partial charge is 0.870 e. The third-order valence-corrected chi connectivity index (χ3v) is 3.78. The summed E-state index contributed by atoms with van der Waals surface area (Å²) in [6.07, 6.45) is 5.85. The molecular formula is C12H22N4O5S. The predicted molar refractivity (Wildman–Crippen MR) is 78.9 cm³/mol. The first-order valence-electron chi connectivity index (χ1n) is 6.98. The topological polar surface area (TPSA) is 140 Å². The second-order valence-corrected chi connectivity index (χ2v) is 6.17. The summed E-state index contributed by atoms with van der Waals surface area (Å²) >= 11 is 0. The maximum absolute atomic E-state index is 10.8. The number of nitrogens with two attached hydrogens (primary N) is 1. The van der Waals surface area contributed by atoms with E-state index in [-0.39, 0.29) is 11.4 Å². The fourth-order valence-electron chi connectivity index (χ4n) is 2.45. The first kappa shape index (κ1) is 18.4. The molecule has 1 aromatic heterocycles. The molecule has 4 N–H and O–H groups in total. The normalized spacial score (nSPS) is 16.4. The van der Waals surface area contributed by atoms with Crippen LogP contribution >= 0.6 is 0 Å². The van der Waals surface area contributed by atoms with Gasteiger partial charge in [-0.25, -0.2) is 4.28 Å². The van der Waals surface area contributed by atoms with Gasteiger partial charge in [0.15, 0.2) is 0 Å². The van der Waals surface area contributed by atoms with Crippen LogP contribution in [0.15, 0.2) is 6.07 Å². The zero-order valence-electron chi connectivity index (χ0n) is 12.5. The molecule has 0 atom stereocenters. The van der Waals surface area contributed by atoms with Crippen molar-refractivity contribution in [2.24, 2.45) is 0 Å². The minimum atomic E-state index is -4.64. The molecule has 2 heterocycles. The van der Waals surface area contributed by atoms with Gasteiger partial charge in [-0.3, -0.25) is 10.3 Å². The second-order valence-electron chi connectivity index (χ2n) is 5.17. The van der Waals surface area contributed by atoms with Gasteiger partial charge in [-0.15, -0.1) is 0 Å². The molecule has 1 aliphatic heterocycles. The Kier molecular flexibility index (Phi) is 6.33. The number of rotatable bonds is 3. The molecule has 0 saturated carbocycles. The zero-order chi connectivity index (χ0) is 15.5. The van der Waals surface area contributed by atoms with Crippen molar-refractivity contribution in [3.05, 3.63) is 11.8 Å². The van der Waals surface area contributed by atoms with Crippen LogP contribution in [-0.4, -0.2) is 36.5 Å². The van der Waals surface area contributed by atoms with Crippen LogP contribution in [0.5, 0.6) is 0 Å². The quantitative estimate of drug-likeness (QED) is 0.585. The van der Waals surface area contributed by atoms with Crippen molar-refractivity contribution in [1.29, 1.82) is 0 Å². The van der Waals surface area contributed by atoms with Gasteiger partial charge in [-0.2, -0.15) is 8.42 Å². The van der Waals surface area contributed by atoms with Gasteiger partial charge >= 0.3 is 16.3 Å². The van der Waals surface area contributed by atoms with Gasteiger partial charge in [0, 0.05) is 19.2 Å². The summed E-state index contributed by atoms with van der Waals surface area (Å²) in [6, 6.07) is 1.70. The summed E-state index contributed by atoms with van der Waals surface area (Å²) in [6.45, 7) is 3.43. The van der Waals surface area contributed by atoms with Crippen LogP contribution < -0.4 is 19.6 Å². The molecule has 9 nitrogen and oxygen atoms in total. The lowest BCUT2D eigenvalue weighted by atomic mass is 10.1. The van der Waals surface area contributed by atoms with Gasteiger partial charge in [0.05, 0.1) is 0 Å². The Bertz CT molecular complexity index is 577. The van der Waals surface area contributed by atoms with Gasteiger partial charge in [0.25, 0.3) is 0 Å². The van der Waals surface area contributed by atoms with E-state index >= 15 is 0 Å². The standard InChI is InChI=1S/C12H20N4O4S.H2O/c1-10-9-11(15-7-5-3-2-4-6-8-15)14-12(13)16(10)20-21(17,18)19;/h9,13H,2-8H2,1H3,(H,17,18,19);1H2. The molecule has 1 fully saturated rings. The highest BCUT2D eigenvalue weighted by Crippen LogP contribution is 2.18. The molecule has 10 heteroatoms. The maximum atomic E-state index is 10.8. The number of anilines is 2.